The molecule has 1 aromatic rings. The molecule has 1 unspecified atom stereocenters. The second kappa shape index (κ2) is 6.16. The molecule has 0 spiro atoms. The molecule has 1 aromatic heterocycles. The Morgan fingerprint density at radius 1 is 1.40 bits per heavy atom. The summed E-state index contributed by atoms with van der Waals surface area (Å²) in [5, 5.41) is 4.83. The van der Waals surface area contributed by atoms with Gasteiger partial charge in [-0.05, 0) is 38.7 Å². The van der Waals surface area contributed by atoms with Gasteiger partial charge in [-0.15, -0.1) is 11.6 Å². The van der Waals surface area contributed by atoms with E-state index in [2.05, 4.69) is 36.6 Å². The van der Waals surface area contributed by atoms with Crippen LogP contribution in [-0.2, 0) is 19.4 Å². The van der Waals surface area contributed by atoms with Gasteiger partial charge in [0.25, 0.3) is 0 Å². The summed E-state index contributed by atoms with van der Waals surface area (Å²) in [5.74, 6) is 0. The van der Waals surface area contributed by atoms with Gasteiger partial charge in [-0.3, -0.25) is 4.68 Å². The van der Waals surface area contributed by atoms with Crippen molar-refractivity contribution in [1.82, 2.24) is 9.78 Å². The van der Waals surface area contributed by atoms with Gasteiger partial charge >= 0.3 is 0 Å². The fraction of sp³-hybridized carbons (Fsp3) is 0.750. The number of aryl methyl sites for hydroxylation is 3. The van der Waals surface area contributed by atoms with E-state index in [-0.39, 0.29) is 0 Å². The molecular formula is C12H21ClN2. The Kier molecular flexibility index (Phi) is 5.16. The highest BCUT2D eigenvalue weighted by Crippen LogP contribution is 2.13. The summed E-state index contributed by atoms with van der Waals surface area (Å²) in [4.78, 5) is 0. The molecule has 0 saturated carbocycles. The van der Waals surface area contributed by atoms with Gasteiger partial charge in [0.1, 0.15) is 0 Å². The van der Waals surface area contributed by atoms with E-state index in [4.69, 9.17) is 11.6 Å². The zero-order valence-corrected chi connectivity index (χ0v) is 10.7. The molecular weight excluding hydrogens is 208 g/mol. The van der Waals surface area contributed by atoms with Crippen LogP contribution < -0.4 is 0 Å². The lowest BCUT2D eigenvalue weighted by atomic mass is 10.1. The van der Waals surface area contributed by atoms with Crippen LogP contribution in [0.15, 0.2) is 6.07 Å². The van der Waals surface area contributed by atoms with Crippen molar-refractivity contribution in [2.45, 2.75) is 58.4 Å². The standard InChI is InChI=1S/C12H21ClN2/c1-4-10(13)7-8-12-9-11(5-2)14-15(12)6-3/h9-10H,4-8H2,1-3H3. The molecule has 0 aromatic carbocycles. The lowest BCUT2D eigenvalue weighted by Gasteiger charge is -2.07. The van der Waals surface area contributed by atoms with E-state index in [0.717, 1.165) is 32.2 Å². The van der Waals surface area contributed by atoms with E-state index in [1.807, 2.05) is 0 Å². The van der Waals surface area contributed by atoms with Gasteiger partial charge in [0, 0.05) is 17.6 Å². The largest absolute Gasteiger partial charge is 0.270 e. The summed E-state index contributed by atoms with van der Waals surface area (Å²) in [6, 6.07) is 2.21. The Morgan fingerprint density at radius 2 is 2.13 bits per heavy atom. The first kappa shape index (κ1) is 12.6. The second-order valence-electron chi connectivity index (χ2n) is 3.84. The Balaban J connectivity index is 2.62. The number of halogens is 1. The first-order valence-corrected chi connectivity index (χ1v) is 6.34. The van der Waals surface area contributed by atoms with Crippen LogP contribution in [0.3, 0.4) is 0 Å². The SMILES string of the molecule is CCc1cc(CCC(Cl)CC)n(CC)n1. The molecule has 15 heavy (non-hydrogen) atoms. The number of aromatic nitrogens is 2. The van der Waals surface area contributed by atoms with Crippen molar-refractivity contribution >= 4 is 11.6 Å². The van der Waals surface area contributed by atoms with Crippen LogP contribution in [0.25, 0.3) is 0 Å². The molecule has 3 heteroatoms. The first-order valence-electron chi connectivity index (χ1n) is 5.90. The molecule has 0 aliphatic carbocycles. The topological polar surface area (TPSA) is 17.8 Å². The van der Waals surface area contributed by atoms with Gasteiger partial charge in [-0.1, -0.05) is 13.8 Å². The van der Waals surface area contributed by atoms with Crippen LogP contribution in [0.1, 0.15) is 45.0 Å². The monoisotopic (exact) mass is 228 g/mol. The molecule has 1 atom stereocenters. The van der Waals surface area contributed by atoms with Crippen LogP contribution in [0.5, 0.6) is 0 Å². The van der Waals surface area contributed by atoms with E-state index in [1.54, 1.807) is 0 Å². The predicted molar refractivity (Wildman–Crippen MR) is 65.5 cm³/mol. The Morgan fingerprint density at radius 3 is 2.67 bits per heavy atom. The summed E-state index contributed by atoms with van der Waals surface area (Å²) in [6.07, 6.45) is 4.15. The van der Waals surface area contributed by atoms with E-state index < -0.39 is 0 Å². The van der Waals surface area contributed by atoms with Crippen molar-refractivity contribution in [3.8, 4) is 0 Å². The first-order chi connectivity index (χ1) is 7.21. The zero-order chi connectivity index (χ0) is 11.3. The summed E-state index contributed by atoms with van der Waals surface area (Å²) >= 11 is 6.12. The van der Waals surface area contributed by atoms with Crippen LogP contribution >= 0.6 is 11.6 Å². The molecule has 0 fully saturated rings. The lowest BCUT2D eigenvalue weighted by molar-refractivity contribution is 0.596. The fourth-order valence-electron chi connectivity index (χ4n) is 1.67. The number of rotatable bonds is 6. The molecule has 0 saturated heterocycles. The maximum absolute atomic E-state index is 6.12. The Labute approximate surface area is 97.6 Å². The van der Waals surface area contributed by atoms with Crippen molar-refractivity contribution in [2.75, 3.05) is 0 Å². The molecule has 0 aliphatic heterocycles. The average Bonchev–Trinajstić information content (AvgIpc) is 2.68. The number of nitrogens with zero attached hydrogens (tertiary/aromatic N) is 2. The van der Waals surface area contributed by atoms with Crippen molar-refractivity contribution in [3.63, 3.8) is 0 Å². The van der Waals surface area contributed by atoms with Crippen molar-refractivity contribution in [1.29, 1.82) is 0 Å². The number of alkyl halides is 1. The average molecular weight is 229 g/mol. The molecule has 1 rings (SSSR count). The highest BCUT2D eigenvalue weighted by Gasteiger charge is 2.08. The highest BCUT2D eigenvalue weighted by atomic mass is 35.5. The van der Waals surface area contributed by atoms with E-state index >= 15 is 0 Å². The van der Waals surface area contributed by atoms with Gasteiger partial charge in [-0.2, -0.15) is 5.10 Å². The van der Waals surface area contributed by atoms with Crippen molar-refractivity contribution in [3.05, 3.63) is 17.5 Å². The second-order valence-corrected chi connectivity index (χ2v) is 4.46. The zero-order valence-electron chi connectivity index (χ0n) is 9.96. The molecule has 86 valence electrons. The molecule has 0 bridgehead atoms. The maximum Gasteiger partial charge on any atom is 0.0624 e. The Hall–Kier alpha value is -0.500. The normalized spacial score (nSPS) is 13.1. The molecule has 2 nitrogen and oxygen atoms in total. The smallest absolute Gasteiger partial charge is 0.0624 e. The third-order valence-electron chi connectivity index (χ3n) is 2.73. The van der Waals surface area contributed by atoms with Crippen LogP contribution in [0.4, 0.5) is 0 Å². The van der Waals surface area contributed by atoms with E-state index in [0.29, 0.717) is 5.38 Å². The molecule has 0 N–H and O–H groups in total. The summed E-state index contributed by atoms with van der Waals surface area (Å²) in [6.45, 7) is 7.36. The van der Waals surface area contributed by atoms with Crippen LogP contribution in [0, 0.1) is 0 Å². The van der Waals surface area contributed by atoms with E-state index in [9.17, 15) is 0 Å². The minimum absolute atomic E-state index is 0.301. The molecule has 0 amide bonds. The summed E-state index contributed by atoms with van der Waals surface area (Å²) in [5.41, 5.74) is 2.52. The summed E-state index contributed by atoms with van der Waals surface area (Å²) < 4.78 is 2.10. The van der Waals surface area contributed by atoms with Gasteiger partial charge in [0.2, 0.25) is 0 Å². The van der Waals surface area contributed by atoms with Crippen LogP contribution in [-0.4, -0.2) is 15.2 Å². The molecule has 0 aliphatic rings. The van der Waals surface area contributed by atoms with Crippen LogP contribution in [0.2, 0.25) is 0 Å². The van der Waals surface area contributed by atoms with E-state index in [1.165, 1.54) is 11.4 Å². The third kappa shape index (κ3) is 3.53. The van der Waals surface area contributed by atoms with Gasteiger partial charge in [0.15, 0.2) is 0 Å². The predicted octanol–water partition coefficient (Wildman–Crippen LogP) is 3.42. The van der Waals surface area contributed by atoms with Gasteiger partial charge in [0.05, 0.1) is 5.69 Å². The van der Waals surface area contributed by atoms with Gasteiger partial charge < -0.3 is 0 Å². The minimum atomic E-state index is 0.301. The molecule has 0 radical (unpaired) electrons. The number of hydrogen-bond acceptors (Lipinski definition) is 1. The molecule has 1 heterocycles. The maximum atomic E-state index is 6.12. The highest BCUT2D eigenvalue weighted by molar-refractivity contribution is 6.20. The number of hydrogen-bond donors (Lipinski definition) is 0. The fourth-order valence-corrected chi connectivity index (χ4v) is 1.78. The minimum Gasteiger partial charge on any atom is -0.270 e. The van der Waals surface area contributed by atoms with Crippen molar-refractivity contribution in [2.24, 2.45) is 0 Å². The quantitative estimate of drug-likeness (QED) is 0.683. The van der Waals surface area contributed by atoms with Gasteiger partial charge in [-0.25, -0.2) is 0 Å². The summed E-state index contributed by atoms with van der Waals surface area (Å²) in [7, 11) is 0. The lowest BCUT2D eigenvalue weighted by Crippen LogP contribution is -2.06. The third-order valence-corrected chi connectivity index (χ3v) is 3.26. The van der Waals surface area contributed by atoms with Crippen molar-refractivity contribution < 1.29 is 0 Å². The Bertz CT molecular complexity index is 294.